The fourth-order valence-electron chi connectivity index (χ4n) is 1.64. The second-order valence-electron chi connectivity index (χ2n) is 4.06. The van der Waals surface area contributed by atoms with Gasteiger partial charge in [-0.05, 0) is 26.0 Å². The highest BCUT2D eigenvalue weighted by molar-refractivity contribution is 7.11. The third-order valence-electron chi connectivity index (χ3n) is 2.70. The minimum Gasteiger partial charge on any atom is -0.485 e. The van der Waals surface area contributed by atoms with Crippen molar-refractivity contribution in [1.82, 2.24) is 4.98 Å². The van der Waals surface area contributed by atoms with E-state index >= 15 is 0 Å². The van der Waals surface area contributed by atoms with Crippen LogP contribution < -0.4 is 10.5 Å². The summed E-state index contributed by atoms with van der Waals surface area (Å²) in [5.41, 5.74) is 6.80. The minimum atomic E-state index is -1.10. The average Bonchev–Trinajstić information content (AvgIpc) is 2.65. The summed E-state index contributed by atoms with van der Waals surface area (Å²) in [4.78, 5) is 16.6. The Morgan fingerprint density at radius 2 is 2.21 bits per heavy atom. The number of ether oxygens (including phenoxy) is 1. The summed E-state index contributed by atoms with van der Waals surface area (Å²) in [7, 11) is 0. The largest absolute Gasteiger partial charge is 0.485 e. The number of nitrogen functional groups attached to an aromatic ring is 1. The molecule has 0 atom stereocenters. The van der Waals surface area contributed by atoms with Crippen molar-refractivity contribution in [2.24, 2.45) is 0 Å². The van der Waals surface area contributed by atoms with Crippen LogP contribution in [0, 0.1) is 13.8 Å². The molecular weight excluding hydrogens is 264 g/mol. The predicted molar refractivity (Wildman–Crippen MR) is 73.7 cm³/mol. The van der Waals surface area contributed by atoms with Crippen molar-refractivity contribution >= 4 is 23.0 Å². The number of aromatic carboxylic acids is 1. The van der Waals surface area contributed by atoms with E-state index in [0.29, 0.717) is 0 Å². The number of nitrogens with zero attached hydrogens (tertiary/aromatic N) is 1. The summed E-state index contributed by atoms with van der Waals surface area (Å²) in [5.74, 6) is -0.836. The van der Waals surface area contributed by atoms with E-state index in [1.54, 1.807) is 12.1 Å². The standard InChI is InChI=1S/C13H14N2O3S/c1-7-8(2)19-11(15-7)6-18-10-5-3-4-9(14)12(10)13(16)17/h3-5H,6,14H2,1-2H3,(H,16,17). The first-order valence-electron chi connectivity index (χ1n) is 5.66. The van der Waals surface area contributed by atoms with E-state index in [1.165, 1.54) is 17.4 Å². The van der Waals surface area contributed by atoms with Gasteiger partial charge in [-0.15, -0.1) is 11.3 Å². The van der Waals surface area contributed by atoms with Crippen molar-refractivity contribution in [3.63, 3.8) is 0 Å². The van der Waals surface area contributed by atoms with Crippen LogP contribution in [0.5, 0.6) is 5.75 Å². The molecule has 1 aromatic carbocycles. The number of nitrogens with two attached hydrogens (primary N) is 1. The van der Waals surface area contributed by atoms with E-state index in [-0.39, 0.29) is 23.6 Å². The van der Waals surface area contributed by atoms with Crippen molar-refractivity contribution in [3.05, 3.63) is 39.3 Å². The number of hydrogen-bond donors (Lipinski definition) is 2. The summed E-state index contributed by atoms with van der Waals surface area (Å²) in [6, 6.07) is 4.79. The third kappa shape index (κ3) is 2.85. The van der Waals surface area contributed by atoms with Crippen molar-refractivity contribution in [1.29, 1.82) is 0 Å². The van der Waals surface area contributed by atoms with Crippen LogP contribution in [0.3, 0.4) is 0 Å². The van der Waals surface area contributed by atoms with Gasteiger partial charge < -0.3 is 15.6 Å². The summed E-state index contributed by atoms with van der Waals surface area (Å²) >= 11 is 1.54. The van der Waals surface area contributed by atoms with Crippen LogP contribution in [0.15, 0.2) is 18.2 Å². The van der Waals surface area contributed by atoms with E-state index < -0.39 is 5.97 Å². The molecule has 1 aromatic heterocycles. The fourth-order valence-corrected chi connectivity index (χ4v) is 2.48. The second kappa shape index (κ2) is 5.27. The van der Waals surface area contributed by atoms with Gasteiger partial charge in [-0.25, -0.2) is 9.78 Å². The Balaban J connectivity index is 2.20. The number of rotatable bonds is 4. The molecule has 5 nitrogen and oxygen atoms in total. The fraction of sp³-hybridized carbons (Fsp3) is 0.231. The summed E-state index contributed by atoms with van der Waals surface area (Å²) in [6.07, 6.45) is 0. The van der Waals surface area contributed by atoms with Gasteiger partial charge in [0, 0.05) is 10.6 Å². The van der Waals surface area contributed by atoms with Crippen LogP contribution >= 0.6 is 11.3 Å². The number of benzene rings is 1. The van der Waals surface area contributed by atoms with Gasteiger partial charge in [0.1, 0.15) is 22.9 Å². The molecule has 0 fully saturated rings. The van der Waals surface area contributed by atoms with Gasteiger partial charge in [-0.1, -0.05) is 6.07 Å². The molecule has 2 rings (SSSR count). The van der Waals surface area contributed by atoms with E-state index in [1.807, 2.05) is 13.8 Å². The predicted octanol–water partition coefficient (Wildman–Crippen LogP) is 2.62. The Morgan fingerprint density at radius 3 is 2.79 bits per heavy atom. The topological polar surface area (TPSA) is 85.4 Å². The zero-order valence-electron chi connectivity index (χ0n) is 10.6. The molecule has 19 heavy (non-hydrogen) atoms. The Hall–Kier alpha value is -2.08. The first-order valence-corrected chi connectivity index (χ1v) is 6.48. The van der Waals surface area contributed by atoms with E-state index in [0.717, 1.165) is 15.6 Å². The number of carboxylic acid groups (broad SMARTS) is 1. The molecule has 0 saturated carbocycles. The van der Waals surface area contributed by atoms with Gasteiger partial charge in [0.15, 0.2) is 0 Å². The van der Waals surface area contributed by atoms with Gasteiger partial charge in [0.05, 0.1) is 5.69 Å². The number of aryl methyl sites for hydroxylation is 2. The van der Waals surface area contributed by atoms with Gasteiger partial charge in [0.2, 0.25) is 0 Å². The van der Waals surface area contributed by atoms with E-state index in [9.17, 15) is 4.79 Å². The van der Waals surface area contributed by atoms with E-state index in [2.05, 4.69) is 4.98 Å². The zero-order chi connectivity index (χ0) is 14.0. The molecule has 0 unspecified atom stereocenters. The summed E-state index contributed by atoms with van der Waals surface area (Å²) in [5, 5.41) is 9.93. The molecule has 6 heteroatoms. The maximum absolute atomic E-state index is 11.1. The third-order valence-corrected chi connectivity index (χ3v) is 3.74. The number of hydrogen-bond acceptors (Lipinski definition) is 5. The molecule has 100 valence electrons. The van der Waals surface area contributed by atoms with Crippen molar-refractivity contribution < 1.29 is 14.6 Å². The number of carboxylic acids is 1. The molecule has 0 aliphatic carbocycles. The number of thiazole rings is 1. The maximum Gasteiger partial charge on any atom is 0.341 e. The van der Waals surface area contributed by atoms with Crippen LogP contribution in [0.4, 0.5) is 5.69 Å². The number of anilines is 1. The molecule has 2 aromatic rings. The first-order chi connectivity index (χ1) is 8.99. The van der Waals surface area contributed by atoms with Gasteiger partial charge in [-0.3, -0.25) is 0 Å². The lowest BCUT2D eigenvalue weighted by atomic mass is 10.1. The highest BCUT2D eigenvalue weighted by Gasteiger charge is 2.15. The molecule has 0 radical (unpaired) electrons. The van der Waals surface area contributed by atoms with Crippen molar-refractivity contribution in [3.8, 4) is 5.75 Å². The smallest absolute Gasteiger partial charge is 0.341 e. The minimum absolute atomic E-state index is 0.00694. The zero-order valence-corrected chi connectivity index (χ0v) is 11.5. The van der Waals surface area contributed by atoms with Gasteiger partial charge >= 0.3 is 5.97 Å². The first kappa shape index (κ1) is 13.4. The van der Waals surface area contributed by atoms with Crippen LogP contribution in [0.1, 0.15) is 25.9 Å². The van der Waals surface area contributed by atoms with Gasteiger partial charge in [0.25, 0.3) is 0 Å². The molecule has 0 spiro atoms. The second-order valence-corrected chi connectivity index (χ2v) is 5.35. The molecule has 1 heterocycles. The Kier molecular flexibility index (Phi) is 3.71. The van der Waals surface area contributed by atoms with Crippen LogP contribution in [0.25, 0.3) is 0 Å². The highest BCUT2D eigenvalue weighted by atomic mass is 32.1. The monoisotopic (exact) mass is 278 g/mol. The van der Waals surface area contributed by atoms with Gasteiger partial charge in [-0.2, -0.15) is 0 Å². The van der Waals surface area contributed by atoms with E-state index in [4.69, 9.17) is 15.6 Å². The summed E-state index contributed by atoms with van der Waals surface area (Å²) in [6.45, 7) is 4.15. The maximum atomic E-state index is 11.1. The SMILES string of the molecule is Cc1nc(COc2cccc(N)c2C(=O)O)sc1C. The van der Waals surface area contributed by atoms with Crippen molar-refractivity contribution in [2.45, 2.75) is 20.5 Å². The lowest BCUT2D eigenvalue weighted by Gasteiger charge is -2.09. The normalized spacial score (nSPS) is 10.4. The molecule has 0 saturated heterocycles. The van der Waals surface area contributed by atoms with Crippen LogP contribution in [0.2, 0.25) is 0 Å². The molecule has 3 N–H and O–H groups in total. The molecule has 0 aliphatic rings. The highest BCUT2D eigenvalue weighted by Crippen LogP contribution is 2.26. The number of aromatic nitrogens is 1. The quantitative estimate of drug-likeness (QED) is 0.840. The Labute approximate surface area is 114 Å². The average molecular weight is 278 g/mol. The Bertz CT molecular complexity index is 603. The molecule has 0 bridgehead atoms. The lowest BCUT2D eigenvalue weighted by Crippen LogP contribution is -2.06. The Morgan fingerprint density at radius 1 is 1.47 bits per heavy atom. The molecule has 0 aliphatic heterocycles. The van der Waals surface area contributed by atoms with Crippen LogP contribution in [-0.2, 0) is 6.61 Å². The number of carbonyl (C=O) groups is 1. The lowest BCUT2D eigenvalue weighted by molar-refractivity contribution is 0.0693. The summed E-state index contributed by atoms with van der Waals surface area (Å²) < 4.78 is 5.52. The molecular formula is C13H14N2O3S. The van der Waals surface area contributed by atoms with Crippen molar-refractivity contribution in [2.75, 3.05) is 5.73 Å². The molecule has 0 amide bonds. The van der Waals surface area contributed by atoms with Crippen LogP contribution in [-0.4, -0.2) is 16.1 Å².